The predicted octanol–water partition coefficient (Wildman–Crippen LogP) is 15.5. The number of nitrogens with zero attached hydrogens (tertiary/aromatic N) is 1. The molecule has 0 aliphatic heterocycles. The van der Waals surface area contributed by atoms with Gasteiger partial charge in [0.1, 0.15) is 0 Å². The van der Waals surface area contributed by atoms with Gasteiger partial charge in [0, 0.05) is 36.3 Å². The first-order chi connectivity index (χ1) is 26.3. The molecule has 2 aromatic heterocycles. The fourth-order valence-electron chi connectivity index (χ4n) is 8.33. The van der Waals surface area contributed by atoms with Gasteiger partial charge in [-0.05, 0) is 68.7 Å². The molecule has 0 N–H and O–H groups in total. The maximum atomic E-state index is 2.57. The Bertz CT molecular complexity index is 3070. The summed E-state index contributed by atoms with van der Waals surface area (Å²) in [5.41, 5.74) is 8.46. The SMILES string of the molecule is c1ccc(-c2cc(N(c3cccc4c3sc3ccccc34)c3cccc4c3sc3ccccc34)c3ccccc3c2-c2cccc3ccccc23)cc1. The van der Waals surface area contributed by atoms with Crippen LogP contribution in [-0.2, 0) is 0 Å². The van der Waals surface area contributed by atoms with Crippen molar-refractivity contribution in [3.05, 3.63) is 188 Å². The molecule has 0 radical (unpaired) electrons. The topological polar surface area (TPSA) is 3.24 Å². The molecule has 0 aliphatic rings. The third-order valence-electron chi connectivity index (χ3n) is 10.7. The molecule has 3 heteroatoms. The van der Waals surface area contributed by atoms with E-state index in [1.807, 2.05) is 22.7 Å². The first-order valence-corrected chi connectivity index (χ1v) is 19.6. The van der Waals surface area contributed by atoms with Crippen molar-refractivity contribution >= 4 is 102 Å². The zero-order chi connectivity index (χ0) is 34.9. The molecule has 0 aliphatic carbocycles. The van der Waals surface area contributed by atoms with E-state index in [0.717, 1.165) is 0 Å². The molecule has 2 heterocycles. The second-order valence-electron chi connectivity index (χ2n) is 13.6. The maximum absolute atomic E-state index is 2.57. The average molecular weight is 710 g/mol. The summed E-state index contributed by atoms with van der Waals surface area (Å²) in [6, 6.07) is 69.2. The summed E-state index contributed by atoms with van der Waals surface area (Å²) in [6.07, 6.45) is 0. The standard InChI is InChI=1S/C50H31NS2/c1-2-15-33(16-3-1)42-31-45(35-20-6-7-23-39(35)48(42)38-24-12-18-32-17-4-5-19-34(32)38)51(43-27-13-25-40-36-21-8-10-29-46(36)52-49(40)43)44-28-14-26-41-37-22-9-11-30-47(37)53-50(41)44/h1-31H. The molecular weight excluding hydrogens is 679 g/mol. The summed E-state index contributed by atoms with van der Waals surface area (Å²) < 4.78 is 5.18. The smallest absolute Gasteiger partial charge is 0.0641 e. The van der Waals surface area contributed by atoms with E-state index in [1.165, 1.54) is 101 Å². The number of hydrogen-bond donors (Lipinski definition) is 0. The summed E-state index contributed by atoms with van der Waals surface area (Å²) in [6.45, 7) is 0. The second-order valence-corrected chi connectivity index (χ2v) is 15.7. The van der Waals surface area contributed by atoms with Gasteiger partial charge in [-0.15, -0.1) is 22.7 Å². The van der Waals surface area contributed by atoms with Gasteiger partial charge in [-0.1, -0.05) is 158 Å². The Kier molecular flexibility index (Phi) is 6.97. The van der Waals surface area contributed by atoms with Crippen LogP contribution in [0.5, 0.6) is 0 Å². The van der Waals surface area contributed by atoms with Gasteiger partial charge in [0.2, 0.25) is 0 Å². The van der Waals surface area contributed by atoms with Gasteiger partial charge in [-0.25, -0.2) is 0 Å². The molecule has 53 heavy (non-hydrogen) atoms. The fourth-order valence-corrected chi connectivity index (χ4v) is 10.7. The Morgan fingerprint density at radius 2 is 0.811 bits per heavy atom. The van der Waals surface area contributed by atoms with Crippen molar-refractivity contribution in [2.75, 3.05) is 4.90 Å². The molecule has 1 nitrogen and oxygen atoms in total. The van der Waals surface area contributed by atoms with E-state index >= 15 is 0 Å². The predicted molar refractivity (Wildman–Crippen MR) is 233 cm³/mol. The monoisotopic (exact) mass is 709 g/mol. The zero-order valence-electron chi connectivity index (χ0n) is 28.7. The summed E-state index contributed by atoms with van der Waals surface area (Å²) in [5, 5.41) is 10.1. The first-order valence-electron chi connectivity index (χ1n) is 18.0. The van der Waals surface area contributed by atoms with Gasteiger partial charge >= 0.3 is 0 Å². The average Bonchev–Trinajstić information content (AvgIpc) is 3.81. The van der Waals surface area contributed by atoms with Crippen molar-refractivity contribution in [1.29, 1.82) is 0 Å². The van der Waals surface area contributed by atoms with Crippen LogP contribution in [0, 0.1) is 0 Å². The van der Waals surface area contributed by atoms with Crippen LogP contribution in [0.15, 0.2) is 188 Å². The van der Waals surface area contributed by atoms with Crippen LogP contribution < -0.4 is 4.90 Å². The van der Waals surface area contributed by atoms with Gasteiger partial charge in [-0.2, -0.15) is 0 Å². The quantitative estimate of drug-likeness (QED) is 0.172. The summed E-state index contributed by atoms with van der Waals surface area (Å²) >= 11 is 3.77. The minimum absolute atomic E-state index is 1.17. The fraction of sp³-hybridized carbons (Fsp3) is 0. The highest BCUT2D eigenvalue weighted by atomic mass is 32.1. The summed E-state index contributed by atoms with van der Waals surface area (Å²) in [5.74, 6) is 0. The minimum Gasteiger partial charge on any atom is -0.307 e. The Labute approximate surface area is 315 Å². The molecule has 0 amide bonds. The van der Waals surface area contributed by atoms with E-state index in [9.17, 15) is 0 Å². The van der Waals surface area contributed by atoms with E-state index in [4.69, 9.17) is 0 Å². The second kappa shape index (κ2) is 12.2. The van der Waals surface area contributed by atoms with Crippen LogP contribution in [0.1, 0.15) is 0 Å². The molecular formula is C50H31NS2. The number of thiophene rings is 2. The zero-order valence-corrected chi connectivity index (χ0v) is 30.3. The van der Waals surface area contributed by atoms with Crippen LogP contribution in [0.3, 0.4) is 0 Å². The van der Waals surface area contributed by atoms with Crippen molar-refractivity contribution in [3.8, 4) is 22.3 Å². The molecule has 0 saturated heterocycles. The van der Waals surface area contributed by atoms with Crippen molar-refractivity contribution in [2.45, 2.75) is 0 Å². The minimum atomic E-state index is 1.17. The molecule has 0 bridgehead atoms. The van der Waals surface area contributed by atoms with Gasteiger partial charge in [0.15, 0.2) is 0 Å². The Balaban J connectivity index is 1.31. The largest absolute Gasteiger partial charge is 0.307 e. The highest BCUT2D eigenvalue weighted by Gasteiger charge is 2.26. The number of rotatable bonds is 5. The number of anilines is 3. The van der Waals surface area contributed by atoms with Crippen LogP contribution in [0.25, 0.3) is 84.1 Å². The van der Waals surface area contributed by atoms with Gasteiger partial charge in [-0.3, -0.25) is 0 Å². The van der Waals surface area contributed by atoms with E-state index in [1.54, 1.807) is 0 Å². The van der Waals surface area contributed by atoms with Crippen LogP contribution >= 0.6 is 22.7 Å². The van der Waals surface area contributed by atoms with Gasteiger partial charge in [0.25, 0.3) is 0 Å². The third kappa shape index (κ3) is 4.75. The highest BCUT2D eigenvalue weighted by Crippen LogP contribution is 2.53. The lowest BCUT2D eigenvalue weighted by Crippen LogP contribution is -2.11. The molecule has 248 valence electrons. The Morgan fingerprint density at radius 1 is 0.321 bits per heavy atom. The molecule has 0 atom stereocenters. The highest BCUT2D eigenvalue weighted by molar-refractivity contribution is 7.27. The molecule has 0 fully saturated rings. The molecule has 0 unspecified atom stereocenters. The van der Waals surface area contributed by atoms with E-state index in [-0.39, 0.29) is 0 Å². The Hall–Kier alpha value is -6.26. The number of fused-ring (bicyclic) bond motifs is 8. The normalized spacial score (nSPS) is 11.8. The van der Waals surface area contributed by atoms with Crippen molar-refractivity contribution in [3.63, 3.8) is 0 Å². The number of benzene rings is 9. The summed E-state index contributed by atoms with van der Waals surface area (Å²) in [7, 11) is 0. The van der Waals surface area contributed by atoms with Crippen molar-refractivity contribution in [2.24, 2.45) is 0 Å². The molecule has 11 rings (SSSR count). The number of hydrogen-bond acceptors (Lipinski definition) is 3. The van der Waals surface area contributed by atoms with Crippen molar-refractivity contribution < 1.29 is 0 Å². The molecule has 0 saturated carbocycles. The third-order valence-corrected chi connectivity index (χ3v) is 13.1. The molecule has 0 spiro atoms. The lowest BCUT2D eigenvalue weighted by atomic mass is 9.86. The van der Waals surface area contributed by atoms with E-state index in [0.29, 0.717) is 0 Å². The van der Waals surface area contributed by atoms with Gasteiger partial charge in [0.05, 0.1) is 26.5 Å². The molecule has 11 aromatic rings. The van der Waals surface area contributed by atoms with Crippen molar-refractivity contribution in [1.82, 2.24) is 0 Å². The lowest BCUT2D eigenvalue weighted by molar-refractivity contribution is 1.34. The van der Waals surface area contributed by atoms with E-state index in [2.05, 4.69) is 193 Å². The summed E-state index contributed by atoms with van der Waals surface area (Å²) in [4.78, 5) is 2.57. The van der Waals surface area contributed by atoms with Crippen LogP contribution in [0.2, 0.25) is 0 Å². The van der Waals surface area contributed by atoms with Gasteiger partial charge < -0.3 is 4.90 Å². The molecule has 9 aromatic carbocycles. The Morgan fingerprint density at radius 3 is 1.47 bits per heavy atom. The lowest BCUT2D eigenvalue weighted by Gasteiger charge is -2.30. The van der Waals surface area contributed by atoms with E-state index < -0.39 is 0 Å². The van der Waals surface area contributed by atoms with Crippen LogP contribution in [-0.4, -0.2) is 0 Å². The maximum Gasteiger partial charge on any atom is 0.0641 e. The first kappa shape index (κ1) is 30.4. The van der Waals surface area contributed by atoms with Crippen LogP contribution in [0.4, 0.5) is 17.1 Å².